The van der Waals surface area contributed by atoms with E-state index in [9.17, 15) is 19.8 Å². The SMILES string of the molecule is CC(C)[C@@H](CO)NC(=O)c1cc2ccccc2cc1C(=O)N[C@H](CO)C(C)C. The van der Waals surface area contributed by atoms with Crippen LogP contribution in [0.15, 0.2) is 36.4 Å². The van der Waals surface area contributed by atoms with Gasteiger partial charge in [-0.3, -0.25) is 9.59 Å². The molecule has 0 aliphatic rings. The van der Waals surface area contributed by atoms with Gasteiger partial charge in [-0.25, -0.2) is 0 Å². The second-order valence-electron chi connectivity index (χ2n) is 7.76. The average molecular weight is 386 g/mol. The summed E-state index contributed by atoms with van der Waals surface area (Å²) in [6, 6.07) is 10.1. The Morgan fingerprint density at radius 1 is 0.786 bits per heavy atom. The minimum absolute atomic E-state index is 0.0476. The lowest BCUT2D eigenvalue weighted by molar-refractivity contribution is 0.0864. The highest BCUT2D eigenvalue weighted by Crippen LogP contribution is 2.21. The highest BCUT2D eigenvalue weighted by molar-refractivity contribution is 6.10. The lowest BCUT2D eigenvalue weighted by atomic mass is 9.97. The summed E-state index contributed by atoms with van der Waals surface area (Å²) in [6.07, 6.45) is 0. The third-order valence-corrected chi connectivity index (χ3v) is 5.01. The molecule has 28 heavy (non-hydrogen) atoms. The predicted octanol–water partition coefficient (Wildman–Crippen LogP) is 2.33. The summed E-state index contributed by atoms with van der Waals surface area (Å²) in [4.78, 5) is 25.8. The van der Waals surface area contributed by atoms with Gasteiger partial charge in [0, 0.05) is 0 Å². The summed E-state index contributed by atoms with van der Waals surface area (Å²) < 4.78 is 0. The predicted molar refractivity (Wildman–Crippen MR) is 110 cm³/mol. The summed E-state index contributed by atoms with van der Waals surface area (Å²) in [7, 11) is 0. The largest absolute Gasteiger partial charge is 0.394 e. The Bertz CT molecular complexity index is 764. The molecular weight excluding hydrogens is 356 g/mol. The molecule has 0 saturated heterocycles. The quantitative estimate of drug-likeness (QED) is 0.560. The van der Waals surface area contributed by atoms with Crippen LogP contribution in [-0.4, -0.2) is 47.3 Å². The van der Waals surface area contributed by atoms with Crippen LogP contribution in [0.3, 0.4) is 0 Å². The standard InChI is InChI=1S/C22H30N2O4/c1-13(2)19(11-25)23-21(27)17-9-15-7-5-6-8-16(15)10-18(17)22(28)24-20(12-26)14(3)4/h5-10,13-14,19-20,25-26H,11-12H2,1-4H3,(H,23,27)(H,24,28)/t19-,20-/m1/s1. The minimum atomic E-state index is -0.409. The lowest BCUT2D eigenvalue weighted by Crippen LogP contribution is -2.44. The first kappa shape index (κ1) is 21.9. The second kappa shape index (κ2) is 9.66. The number of fused-ring (bicyclic) bond motifs is 1. The van der Waals surface area contributed by atoms with Crippen molar-refractivity contribution in [3.05, 3.63) is 47.5 Å². The van der Waals surface area contributed by atoms with E-state index in [4.69, 9.17) is 0 Å². The Labute approximate surface area is 166 Å². The Kier molecular flexibility index (Phi) is 7.54. The number of nitrogens with one attached hydrogen (secondary N) is 2. The van der Waals surface area contributed by atoms with Crippen molar-refractivity contribution in [2.45, 2.75) is 39.8 Å². The maximum absolute atomic E-state index is 12.9. The molecule has 0 fully saturated rings. The topological polar surface area (TPSA) is 98.7 Å². The van der Waals surface area contributed by atoms with Crippen LogP contribution in [0.1, 0.15) is 48.4 Å². The molecule has 0 saturated carbocycles. The van der Waals surface area contributed by atoms with Crippen LogP contribution < -0.4 is 10.6 Å². The Morgan fingerprint density at radius 3 is 1.43 bits per heavy atom. The monoisotopic (exact) mass is 386 g/mol. The van der Waals surface area contributed by atoms with Crippen molar-refractivity contribution in [2.24, 2.45) is 11.8 Å². The minimum Gasteiger partial charge on any atom is -0.394 e. The van der Waals surface area contributed by atoms with Crippen LogP contribution in [0.4, 0.5) is 0 Å². The van der Waals surface area contributed by atoms with Crippen LogP contribution in [0.2, 0.25) is 0 Å². The number of carbonyl (C=O) groups is 2. The first-order valence-corrected chi connectivity index (χ1v) is 9.64. The molecule has 0 spiro atoms. The fraction of sp³-hybridized carbons (Fsp3) is 0.455. The van der Waals surface area contributed by atoms with E-state index < -0.39 is 23.9 Å². The van der Waals surface area contributed by atoms with Gasteiger partial charge in [-0.2, -0.15) is 0 Å². The zero-order valence-corrected chi connectivity index (χ0v) is 16.9. The van der Waals surface area contributed by atoms with E-state index in [1.165, 1.54) is 0 Å². The summed E-state index contributed by atoms with van der Waals surface area (Å²) in [5, 5.41) is 26.4. The molecule has 152 valence electrons. The van der Waals surface area contributed by atoms with Crippen molar-refractivity contribution in [1.29, 1.82) is 0 Å². The van der Waals surface area contributed by atoms with E-state index in [0.717, 1.165) is 10.8 Å². The van der Waals surface area contributed by atoms with Crippen molar-refractivity contribution >= 4 is 22.6 Å². The second-order valence-corrected chi connectivity index (χ2v) is 7.76. The average Bonchev–Trinajstić information content (AvgIpc) is 2.68. The molecule has 2 aromatic rings. The van der Waals surface area contributed by atoms with Crippen LogP contribution in [0.25, 0.3) is 10.8 Å². The van der Waals surface area contributed by atoms with E-state index in [0.29, 0.717) is 0 Å². The zero-order chi connectivity index (χ0) is 20.8. The molecule has 0 aliphatic carbocycles. The summed E-state index contributed by atoms with van der Waals surface area (Å²) in [5.41, 5.74) is 0.492. The van der Waals surface area contributed by atoms with Gasteiger partial charge >= 0.3 is 0 Å². The number of aliphatic hydroxyl groups is 2. The van der Waals surface area contributed by atoms with E-state index in [1.54, 1.807) is 12.1 Å². The molecule has 0 aliphatic heterocycles. The van der Waals surface area contributed by atoms with E-state index in [1.807, 2.05) is 52.0 Å². The molecule has 0 aromatic heterocycles. The van der Waals surface area contributed by atoms with Gasteiger partial charge in [0.25, 0.3) is 11.8 Å². The number of aliphatic hydroxyl groups excluding tert-OH is 2. The third-order valence-electron chi connectivity index (χ3n) is 5.01. The van der Waals surface area contributed by atoms with Crippen LogP contribution in [0.5, 0.6) is 0 Å². The molecule has 0 radical (unpaired) electrons. The van der Waals surface area contributed by atoms with Gasteiger partial charge in [-0.1, -0.05) is 52.0 Å². The zero-order valence-electron chi connectivity index (χ0n) is 16.9. The Balaban J connectivity index is 2.46. The number of hydrogen-bond acceptors (Lipinski definition) is 4. The maximum Gasteiger partial charge on any atom is 0.252 e. The van der Waals surface area contributed by atoms with Gasteiger partial charge < -0.3 is 20.8 Å². The number of amides is 2. The third kappa shape index (κ3) is 5.09. The molecule has 2 aromatic carbocycles. The normalized spacial score (nSPS) is 13.6. The molecule has 2 atom stereocenters. The lowest BCUT2D eigenvalue weighted by Gasteiger charge is -2.23. The van der Waals surface area contributed by atoms with Gasteiger partial charge in [0.05, 0.1) is 36.4 Å². The number of hydrogen-bond donors (Lipinski definition) is 4. The van der Waals surface area contributed by atoms with E-state index in [2.05, 4.69) is 10.6 Å². The highest BCUT2D eigenvalue weighted by Gasteiger charge is 2.24. The molecule has 0 unspecified atom stereocenters. The van der Waals surface area contributed by atoms with Crippen LogP contribution in [-0.2, 0) is 0 Å². The Hall–Kier alpha value is -2.44. The van der Waals surface area contributed by atoms with Gasteiger partial charge in [-0.05, 0) is 34.7 Å². The van der Waals surface area contributed by atoms with Crippen molar-refractivity contribution in [2.75, 3.05) is 13.2 Å². The molecular formula is C22H30N2O4. The van der Waals surface area contributed by atoms with Crippen molar-refractivity contribution in [1.82, 2.24) is 10.6 Å². The molecule has 4 N–H and O–H groups in total. The van der Waals surface area contributed by atoms with Crippen LogP contribution >= 0.6 is 0 Å². The molecule has 6 heteroatoms. The maximum atomic E-state index is 12.9. The van der Waals surface area contributed by atoms with Gasteiger partial charge in [0.15, 0.2) is 0 Å². The first-order valence-electron chi connectivity index (χ1n) is 9.64. The number of rotatable bonds is 8. The van der Waals surface area contributed by atoms with Gasteiger partial charge in [0.1, 0.15) is 0 Å². The fourth-order valence-corrected chi connectivity index (χ4v) is 2.95. The van der Waals surface area contributed by atoms with Gasteiger partial charge in [-0.15, -0.1) is 0 Å². The van der Waals surface area contributed by atoms with E-state index in [-0.39, 0.29) is 36.2 Å². The smallest absolute Gasteiger partial charge is 0.252 e. The molecule has 2 amide bonds. The Morgan fingerprint density at radius 2 is 1.14 bits per heavy atom. The molecule has 2 rings (SSSR count). The van der Waals surface area contributed by atoms with Crippen molar-refractivity contribution in [3.63, 3.8) is 0 Å². The summed E-state index contributed by atoms with van der Waals surface area (Å²) in [5.74, 6) is -0.722. The highest BCUT2D eigenvalue weighted by atomic mass is 16.3. The summed E-state index contributed by atoms with van der Waals surface area (Å²) in [6.45, 7) is 7.26. The molecule has 0 heterocycles. The number of carbonyl (C=O) groups excluding carboxylic acids is 2. The summed E-state index contributed by atoms with van der Waals surface area (Å²) >= 11 is 0. The van der Waals surface area contributed by atoms with Gasteiger partial charge in [0.2, 0.25) is 0 Å². The molecule has 6 nitrogen and oxygen atoms in total. The van der Waals surface area contributed by atoms with Crippen molar-refractivity contribution < 1.29 is 19.8 Å². The number of benzene rings is 2. The fourth-order valence-electron chi connectivity index (χ4n) is 2.95. The van der Waals surface area contributed by atoms with Crippen molar-refractivity contribution in [3.8, 4) is 0 Å². The first-order chi connectivity index (χ1) is 13.3. The van der Waals surface area contributed by atoms with E-state index >= 15 is 0 Å². The van der Waals surface area contributed by atoms with Crippen LogP contribution in [0, 0.1) is 11.8 Å². The molecule has 0 bridgehead atoms.